The molecule has 0 bridgehead atoms. The molecule has 0 aliphatic carbocycles. The summed E-state index contributed by atoms with van der Waals surface area (Å²) in [5.74, 6) is 0.836. The van der Waals surface area contributed by atoms with Gasteiger partial charge in [0, 0.05) is 6.07 Å². The fourth-order valence-corrected chi connectivity index (χ4v) is 2.59. The third-order valence-corrected chi connectivity index (χ3v) is 3.93. The molecule has 0 unspecified atom stereocenters. The Kier molecular flexibility index (Phi) is 5.91. The van der Waals surface area contributed by atoms with E-state index in [2.05, 4.69) is 20.1 Å². The number of ether oxygens (including phenoxy) is 3. The summed E-state index contributed by atoms with van der Waals surface area (Å²) >= 11 is 0. The number of carbonyl (C=O) groups is 1. The molecule has 0 spiro atoms. The zero-order chi connectivity index (χ0) is 21.0. The van der Waals surface area contributed by atoms with Gasteiger partial charge in [0.25, 0.3) is 5.91 Å². The molecule has 8 nitrogen and oxygen atoms in total. The van der Waals surface area contributed by atoms with Crippen molar-refractivity contribution < 1.29 is 27.8 Å². The maximum Gasteiger partial charge on any atom is 0.387 e. The van der Waals surface area contributed by atoms with Crippen LogP contribution in [-0.2, 0) is 0 Å². The second-order valence-electron chi connectivity index (χ2n) is 5.79. The van der Waals surface area contributed by atoms with Crippen LogP contribution in [0.15, 0.2) is 42.5 Å². The number of aryl methyl sites for hydroxylation is 1. The summed E-state index contributed by atoms with van der Waals surface area (Å²) in [7, 11) is 2.99. The molecule has 10 heteroatoms. The zero-order valence-electron chi connectivity index (χ0n) is 15.8. The van der Waals surface area contributed by atoms with Crippen LogP contribution in [0, 0.1) is 6.92 Å². The van der Waals surface area contributed by atoms with Gasteiger partial charge < -0.3 is 19.5 Å². The number of hydrogen-bond donors (Lipinski definition) is 1. The molecule has 0 atom stereocenters. The molecule has 1 N–H and O–H groups in total. The molecule has 3 rings (SSSR count). The molecular formula is C19H18F2N4O4. The molecule has 29 heavy (non-hydrogen) atoms. The van der Waals surface area contributed by atoms with Crippen molar-refractivity contribution in [3.05, 3.63) is 54.1 Å². The number of methoxy groups -OCH3 is 2. The minimum Gasteiger partial charge on any atom is -0.497 e. The van der Waals surface area contributed by atoms with Crippen LogP contribution < -0.4 is 19.5 Å². The van der Waals surface area contributed by atoms with Crippen molar-refractivity contribution in [1.29, 1.82) is 0 Å². The van der Waals surface area contributed by atoms with E-state index in [1.807, 2.05) is 0 Å². The fourth-order valence-electron chi connectivity index (χ4n) is 2.59. The van der Waals surface area contributed by atoms with Gasteiger partial charge in [0.05, 0.1) is 25.6 Å². The Hall–Kier alpha value is -3.69. The Morgan fingerprint density at radius 1 is 1.07 bits per heavy atom. The van der Waals surface area contributed by atoms with E-state index in [9.17, 15) is 13.6 Å². The number of alkyl halides is 2. The molecule has 0 saturated heterocycles. The molecule has 1 amide bonds. The number of anilines is 1. The van der Waals surface area contributed by atoms with Gasteiger partial charge >= 0.3 is 6.61 Å². The van der Waals surface area contributed by atoms with Crippen LogP contribution in [0.1, 0.15) is 16.4 Å². The van der Waals surface area contributed by atoms with Crippen LogP contribution in [0.2, 0.25) is 0 Å². The molecule has 2 aromatic carbocycles. The van der Waals surface area contributed by atoms with Gasteiger partial charge in [-0.15, -0.1) is 5.10 Å². The largest absolute Gasteiger partial charge is 0.497 e. The van der Waals surface area contributed by atoms with Gasteiger partial charge in [-0.05, 0) is 43.3 Å². The minimum absolute atomic E-state index is 0.0182. The average Bonchev–Trinajstić information content (AvgIpc) is 3.10. The Morgan fingerprint density at radius 3 is 2.38 bits per heavy atom. The van der Waals surface area contributed by atoms with Gasteiger partial charge in [-0.2, -0.15) is 8.78 Å². The first-order valence-electron chi connectivity index (χ1n) is 8.43. The number of hydrogen-bond acceptors (Lipinski definition) is 6. The zero-order valence-corrected chi connectivity index (χ0v) is 15.8. The molecule has 1 heterocycles. The van der Waals surface area contributed by atoms with Crippen LogP contribution in [-0.4, -0.2) is 41.5 Å². The second-order valence-corrected chi connectivity index (χ2v) is 5.79. The van der Waals surface area contributed by atoms with Gasteiger partial charge in [0.2, 0.25) is 5.82 Å². The Balaban J connectivity index is 1.82. The molecule has 0 fully saturated rings. The van der Waals surface area contributed by atoms with E-state index in [-0.39, 0.29) is 11.6 Å². The highest BCUT2D eigenvalue weighted by Gasteiger charge is 2.18. The summed E-state index contributed by atoms with van der Waals surface area (Å²) in [5, 5.41) is 6.89. The first-order valence-corrected chi connectivity index (χ1v) is 8.43. The number of rotatable bonds is 7. The van der Waals surface area contributed by atoms with E-state index < -0.39 is 12.5 Å². The number of benzene rings is 2. The molecule has 0 radical (unpaired) electrons. The topological polar surface area (TPSA) is 87.5 Å². The molecule has 3 aromatic rings. The SMILES string of the molecule is COc1ccc(OC)c(NC(=O)c2nc(C)n(-c3ccc(OC(F)F)cc3)n2)c1. The van der Waals surface area contributed by atoms with E-state index in [0.717, 1.165) is 0 Å². The molecule has 0 saturated carbocycles. The maximum absolute atomic E-state index is 12.6. The summed E-state index contributed by atoms with van der Waals surface area (Å²) in [6.07, 6.45) is 0. The van der Waals surface area contributed by atoms with E-state index in [1.54, 1.807) is 25.1 Å². The van der Waals surface area contributed by atoms with Gasteiger partial charge in [-0.1, -0.05) is 0 Å². The number of halogens is 2. The highest BCUT2D eigenvalue weighted by atomic mass is 19.3. The van der Waals surface area contributed by atoms with Crippen molar-refractivity contribution in [3.8, 4) is 22.9 Å². The number of nitrogens with zero attached hydrogens (tertiary/aromatic N) is 3. The summed E-state index contributed by atoms with van der Waals surface area (Å²) in [6.45, 7) is -1.24. The lowest BCUT2D eigenvalue weighted by molar-refractivity contribution is -0.0498. The van der Waals surface area contributed by atoms with Gasteiger partial charge in [0.15, 0.2) is 0 Å². The molecule has 0 aliphatic rings. The van der Waals surface area contributed by atoms with Crippen LogP contribution in [0.3, 0.4) is 0 Å². The van der Waals surface area contributed by atoms with Crippen LogP contribution >= 0.6 is 0 Å². The van der Waals surface area contributed by atoms with E-state index in [4.69, 9.17) is 9.47 Å². The monoisotopic (exact) mass is 404 g/mol. The predicted octanol–water partition coefficient (Wildman–Crippen LogP) is 3.45. The average molecular weight is 404 g/mol. The first-order chi connectivity index (χ1) is 13.9. The van der Waals surface area contributed by atoms with Crippen molar-refractivity contribution >= 4 is 11.6 Å². The van der Waals surface area contributed by atoms with Crippen molar-refractivity contribution in [1.82, 2.24) is 14.8 Å². The van der Waals surface area contributed by atoms with E-state index >= 15 is 0 Å². The Labute approximate surface area is 165 Å². The standard InChI is InChI=1S/C19H18F2N4O4/c1-11-22-17(18(26)23-15-10-14(27-2)8-9-16(15)28-3)24-25(11)12-4-6-13(7-5-12)29-19(20)21/h4-10,19H,1-3H3,(H,23,26). The van der Waals surface area contributed by atoms with Crippen molar-refractivity contribution in [2.75, 3.05) is 19.5 Å². The van der Waals surface area contributed by atoms with Crippen molar-refractivity contribution in [2.24, 2.45) is 0 Å². The lowest BCUT2D eigenvalue weighted by atomic mass is 10.2. The normalized spacial score (nSPS) is 10.7. The lowest BCUT2D eigenvalue weighted by Crippen LogP contribution is -2.15. The van der Waals surface area contributed by atoms with Crippen LogP contribution in [0.4, 0.5) is 14.5 Å². The summed E-state index contributed by atoms with van der Waals surface area (Å²) in [4.78, 5) is 16.8. The third kappa shape index (κ3) is 4.60. The second kappa shape index (κ2) is 8.55. The number of nitrogens with one attached hydrogen (secondary N) is 1. The first kappa shape index (κ1) is 20.1. The van der Waals surface area contributed by atoms with Crippen LogP contribution in [0.25, 0.3) is 5.69 Å². The van der Waals surface area contributed by atoms with Crippen molar-refractivity contribution in [3.63, 3.8) is 0 Å². The lowest BCUT2D eigenvalue weighted by Gasteiger charge is -2.10. The van der Waals surface area contributed by atoms with E-state index in [0.29, 0.717) is 28.7 Å². The summed E-state index contributed by atoms with van der Waals surface area (Å²) < 4.78 is 40.7. The number of aromatic nitrogens is 3. The quantitative estimate of drug-likeness (QED) is 0.649. The van der Waals surface area contributed by atoms with Crippen LogP contribution in [0.5, 0.6) is 17.2 Å². The highest BCUT2D eigenvalue weighted by molar-refractivity contribution is 6.02. The van der Waals surface area contributed by atoms with E-state index in [1.165, 1.54) is 43.2 Å². The maximum atomic E-state index is 12.6. The third-order valence-electron chi connectivity index (χ3n) is 3.93. The molecule has 0 aliphatic heterocycles. The van der Waals surface area contributed by atoms with Gasteiger partial charge in [-0.25, -0.2) is 9.67 Å². The number of amides is 1. The Bertz CT molecular complexity index is 1010. The molecular weight excluding hydrogens is 386 g/mol. The minimum atomic E-state index is -2.90. The van der Waals surface area contributed by atoms with Crippen molar-refractivity contribution in [2.45, 2.75) is 13.5 Å². The number of carbonyl (C=O) groups excluding carboxylic acids is 1. The highest BCUT2D eigenvalue weighted by Crippen LogP contribution is 2.29. The Morgan fingerprint density at radius 2 is 1.76 bits per heavy atom. The van der Waals surface area contributed by atoms with Gasteiger partial charge in [-0.3, -0.25) is 4.79 Å². The summed E-state index contributed by atoms with van der Waals surface area (Å²) in [6, 6.07) is 10.8. The smallest absolute Gasteiger partial charge is 0.387 e. The fraction of sp³-hybridized carbons (Fsp3) is 0.211. The molecule has 1 aromatic heterocycles. The van der Waals surface area contributed by atoms with Gasteiger partial charge in [0.1, 0.15) is 23.1 Å². The molecule has 152 valence electrons. The summed E-state index contributed by atoms with van der Waals surface area (Å²) in [5.41, 5.74) is 0.939. The predicted molar refractivity (Wildman–Crippen MR) is 100 cm³/mol.